The lowest BCUT2D eigenvalue weighted by Crippen LogP contribution is -2.16. The number of hydrogen-bond donors (Lipinski definition) is 2. The third-order valence-electron chi connectivity index (χ3n) is 3.44. The molecule has 0 spiro atoms. The summed E-state index contributed by atoms with van der Waals surface area (Å²) in [5.74, 6) is -1.67. The highest BCUT2D eigenvalue weighted by molar-refractivity contribution is 6.08. The molecule has 3 heterocycles. The maximum atomic E-state index is 12.4. The number of fused-ring (bicyclic) bond motifs is 1. The lowest BCUT2D eigenvalue weighted by atomic mass is 10.2. The molecule has 8 heteroatoms. The van der Waals surface area contributed by atoms with Gasteiger partial charge >= 0.3 is 5.97 Å². The van der Waals surface area contributed by atoms with Crippen LogP contribution in [0.4, 0.5) is 5.69 Å². The van der Waals surface area contributed by atoms with Crippen LogP contribution in [0.25, 0.3) is 11.0 Å². The van der Waals surface area contributed by atoms with Crippen LogP contribution < -0.4 is 5.32 Å². The molecule has 122 valence electrons. The Morgan fingerprint density at radius 1 is 1.25 bits per heavy atom. The van der Waals surface area contributed by atoms with Gasteiger partial charge in [0.25, 0.3) is 5.91 Å². The molecule has 0 saturated heterocycles. The van der Waals surface area contributed by atoms with Crippen molar-refractivity contribution in [1.82, 2.24) is 19.7 Å². The SMILES string of the molecule is CC(C)n1ncc2cc(C(=O)Nc3cccnc3C(=O)O)cnc21. The summed E-state index contributed by atoms with van der Waals surface area (Å²) in [6, 6.07) is 4.86. The summed E-state index contributed by atoms with van der Waals surface area (Å²) in [6.07, 6.45) is 4.44. The Bertz CT molecular complexity index is 932. The molecule has 0 bridgehead atoms. The van der Waals surface area contributed by atoms with Crippen molar-refractivity contribution in [2.24, 2.45) is 0 Å². The number of nitrogens with one attached hydrogen (secondary N) is 1. The number of carbonyl (C=O) groups excluding carboxylic acids is 1. The highest BCUT2D eigenvalue weighted by atomic mass is 16.4. The fourth-order valence-electron chi connectivity index (χ4n) is 2.31. The van der Waals surface area contributed by atoms with E-state index in [-0.39, 0.29) is 17.4 Å². The van der Waals surface area contributed by atoms with Crippen molar-refractivity contribution in [2.75, 3.05) is 5.32 Å². The van der Waals surface area contributed by atoms with Gasteiger partial charge in [-0.05, 0) is 32.0 Å². The van der Waals surface area contributed by atoms with Crippen LogP contribution in [0.2, 0.25) is 0 Å². The minimum atomic E-state index is -1.21. The van der Waals surface area contributed by atoms with Gasteiger partial charge in [-0.1, -0.05) is 0 Å². The highest BCUT2D eigenvalue weighted by Crippen LogP contribution is 2.18. The second kappa shape index (κ2) is 6.07. The van der Waals surface area contributed by atoms with Crippen LogP contribution >= 0.6 is 0 Å². The Morgan fingerprint density at radius 3 is 2.75 bits per heavy atom. The average Bonchev–Trinajstić information content (AvgIpc) is 2.98. The average molecular weight is 325 g/mol. The summed E-state index contributed by atoms with van der Waals surface area (Å²) >= 11 is 0. The molecule has 0 saturated carbocycles. The van der Waals surface area contributed by atoms with E-state index < -0.39 is 11.9 Å². The first-order valence-electron chi connectivity index (χ1n) is 7.30. The topological polar surface area (TPSA) is 110 Å². The van der Waals surface area contributed by atoms with E-state index in [9.17, 15) is 9.59 Å². The Morgan fingerprint density at radius 2 is 2.04 bits per heavy atom. The molecule has 0 radical (unpaired) electrons. The number of nitrogens with zero attached hydrogens (tertiary/aromatic N) is 4. The van der Waals surface area contributed by atoms with Gasteiger partial charge in [0, 0.05) is 23.8 Å². The number of pyridine rings is 2. The molecule has 0 aromatic carbocycles. The van der Waals surface area contributed by atoms with Gasteiger partial charge < -0.3 is 10.4 Å². The molecule has 2 N–H and O–H groups in total. The fourth-order valence-corrected chi connectivity index (χ4v) is 2.31. The monoisotopic (exact) mass is 325 g/mol. The number of aromatic nitrogens is 4. The van der Waals surface area contributed by atoms with Crippen molar-refractivity contribution >= 4 is 28.6 Å². The van der Waals surface area contributed by atoms with E-state index in [1.165, 1.54) is 18.5 Å². The summed E-state index contributed by atoms with van der Waals surface area (Å²) in [7, 11) is 0. The smallest absolute Gasteiger partial charge is 0.356 e. The number of rotatable bonds is 4. The minimum absolute atomic E-state index is 0.132. The maximum Gasteiger partial charge on any atom is 0.356 e. The molecule has 3 aromatic heterocycles. The Balaban J connectivity index is 1.91. The van der Waals surface area contributed by atoms with Crippen molar-refractivity contribution in [3.8, 4) is 0 Å². The van der Waals surface area contributed by atoms with Crippen LogP contribution in [-0.2, 0) is 0 Å². The first kappa shape index (κ1) is 15.6. The van der Waals surface area contributed by atoms with Gasteiger partial charge in [0.05, 0.1) is 17.4 Å². The lowest BCUT2D eigenvalue weighted by molar-refractivity contribution is 0.0691. The quantitative estimate of drug-likeness (QED) is 0.762. The first-order chi connectivity index (χ1) is 11.5. The van der Waals surface area contributed by atoms with E-state index in [4.69, 9.17) is 5.11 Å². The summed E-state index contributed by atoms with van der Waals surface area (Å²) in [6.45, 7) is 3.98. The zero-order chi connectivity index (χ0) is 17.3. The second-order valence-corrected chi connectivity index (χ2v) is 5.48. The molecule has 0 aliphatic carbocycles. The van der Waals surface area contributed by atoms with Gasteiger partial charge in [-0.3, -0.25) is 4.79 Å². The van der Waals surface area contributed by atoms with Crippen molar-refractivity contribution in [1.29, 1.82) is 0 Å². The van der Waals surface area contributed by atoms with Gasteiger partial charge in [-0.25, -0.2) is 19.4 Å². The predicted octanol–water partition coefficient (Wildman–Crippen LogP) is 2.36. The number of hydrogen-bond acceptors (Lipinski definition) is 5. The van der Waals surface area contributed by atoms with Crippen LogP contribution in [0.15, 0.2) is 36.8 Å². The van der Waals surface area contributed by atoms with Gasteiger partial charge in [0.2, 0.25) is 0 Å². The zero-order valence-electron chi connectivity index (χ0n) is 13.1. The molecule has 0 atom stereocenters. The number of anilines is 1. The summed E-state index contributed by atoms with van der Waals surface area (Å²) in [5, 5.41) is 16.6. The van der Waals surface area contributed by atoms with Crippen LogP contribution in [0.3, 0.4) is 0 Å². The van der Waals surface area contributed by atoms with Crippen LogP contribution in [0, 0.1) is 0 Å². The highest BCUT2D eigenvalue weighted by Gasteiger charge is 2.16. The van der Waals surface area contributed by atoms with Crippen molar-refractivity contribution in [3.05, 3.63) is 48.0 Å². The third-order valence-corrected chi connectivity index (χ3v) is 3.44. The fraction of sp³-hybridized carbons (Fsp3) is 0.188. The first-order valence-corrected chi connectivity index (χ1v) is 7.30. The molecule has 1 amide bonds. The molecule has 3 rings (SSSR count). The van der Waals surface area contributed by atoms with E-state index in [0.717, 1.165) is 5.39 Å². The van der Waals surface area contributed by atoms with Crippen molar-refractivity contribution in [3.63, 3.8) is 0 Å². The molecule has 24 heavy (non-hydrogen) atoms. The molecule has 0 unspecified atom stereocenters. The zero-order valence-corrected chi connectivity index (χ0v) is 13.1. The molecule has 0 fully saturated rings. The normalized spacial score (nSPS) is 11.0. The summed E-state index contributed by atoms with van der Waals surface area (Å²) in [5.41, 5.74) is 0.917. The standard InChI is InChI=1S/C16H15N5O3/c1-9(2)21-14-10(8-19-21)6-11(7-18-14)15(22)20-12-4-3-5-17-13(12)16(23)24/h3-9H,1-2H3,(H,20,22)(H,23,24). The molecule has 8 nitrogen and oxygen atoms in total. The Kier molecular flexibility index (Phi) is 3.95. The van der Waals surface area contributed by atoms with E-state index in [1.54, 1.807) is 23.0 Å². The molecular weight excluding hydrogens is 310 g/mol. The van der Waals surface area contributed by atoms with Gasteiger partial charge in [0.1, 0.15) is 0 Å². The van der Waals surface area contributed by atoms with Gasteiger partial charge in [-0.2, -0.15) is 5.10 Å². The van der Waals surface area contributed by atoms with Crippen LogP contribution in [0.5, 0.6) is 0 Å². The maximum absolute atomic E-state index is 12.4. The van der Waals surface area contributed by atoms with Gasteiger partial charge in [-0.15, -0.1) is 0 Å². The predicted molar refractivity (Wildman–Crippen MR) is 87.1 cm³/mol. The lowest BCUT2D eigenvalue weighted by Gasteiger charge is -2.08. The Labute approximate surface area is 137 Å². The molecule has 3 aromatic rings. The second-order valence-electron chi connectivity index (χ2n) is 5.48. The van der Waals surface area contributed by atoms with E-state index in [1.807, 2.05) is 13.8 Å². The van der Waals surface area contributed by atoms with E-state index in [0.29, 0.717) is 11.2 Å². The van der Waals surface area contributed by atoms with Crippen LogP contribution in [-0.4, -0.2) is 36.7 Å². The minimum Gasteiger partial charge on any atom is -0.476 e. The number of carboxylic acids is 1. The van der Waals surface area contributed by atoms with Crippen molar-refractivity contribution < 1.29 is 14.7 Å². The van der Waals surface area contributed by atoms with E-state index >= 15 is 0 Å². The van der Waals surface area contributed by atoms with Crippen LogP contribution in [0.1, 0.15) is 40.7 Å². The number of carbonyl (C=O) groups is 2. The molecule has 0 aliphatic rings. The van der Waals surface area contributed by atoms with Gasteiger partial charge in [0.15, 0.2) is 11.3 Å². The summed E-state index contributed by atoms with van der Waals surface area (Å²) in [4.78, 5) is 31.6. The molecule has 0 aliphatic heterocycles. The van der Waals surface area contributed by atoms with Crippen molar-refractivity contribution in [2.45, 2.75) is 19.9 Å². The number of carboxylic acid groups (broad SMARTS) is 1. The number of aromatic carboxylic acids is 1. The summed E-state index contributed by atoms with van der Waals surface area (Å²) < 4.78 is 1.76. The largest absolute Gasteiger partial charge is 0.476 e. The Hall–Kier alpha value is -3.29. The van der Waals surface area contributed by atoms with E-state index in [2.05, 4.69) is 20.4 Å². The molecular formula is C16H15N5O3. The number of amides is 1. The third kappa shape index (κ3) is 2.81.